The van der Waals surface area contributed by atoms with Crippen LogP contribution in [0.3, 0.4) is 0 Å². The van der Waals surface area contributed by atoms with Crippen LogP contribution in [0.25, 0.3) is 5.69 Å². The predicted octanol–water partition coefficient (Wildman–Crippen LogP) is 3.02. The van der Waals surface area contributed by atoms with Crippen molar-refractivity contribution in [3.05, 3.63) is 40.1 Å². The lowest BCUT2D eigenvalue weighted by molar-refractivity contribution is -0.127. The molecule has 0 amide bonds. The molecule has 21 heavy (non-hydrogen) atoms. The Hall–Kier alpha value is -2.03. The van der Waals surface area contributed by atoms with Gasteiger partial charge in [-0.05, 0) is 33.6 Å². The van der Waals surface area contributed by atoms with E-state index in [1.807, 2.05) is 0 Å². The molecule has 0 unspecified atom stereocenters. The molecule has 112 valence electrons. The van der Waals surface area contributed by atoms with Crippen LogP contribution < -0.4 is 5.73 Å². The summed E-state index contributed by atoms with van der Waals surface area (Å²) < 4.78 is 39.4. The second-order valence-electron chi connectivity index (χ2n) is 4.23. The summed E-state index contributed by atoms with van der Waals surface area (Å²) in [6.45, 7) is 0. The fraction of sp³-hybridized carbons (Fsp3) is 0.167. The highest BCUT2D eigenvalue weighted by Crippen LogP contribution is 2.28. The zero-order valence-corrected chi connectivity index (χ0v) is 11.9. The van der Waals surface area contributed by atoms with E-state index in [1.165, 1.54) is 10.8 Å². The summed E-state index contributed by atoms with van der Waals surface area (Å²) >= 11 is 3.06. The van der Waals surface area contributed by atoms with E-state index in [1.54, 1.807) is 0 Å². The van der Waals surface area contributed by atoms with Crippen LogP contribution in [-0.2, 0) is 6.42 Å². The first-order valence-electron chi connectivity index (χ1n) is 5.61. The predicted molar refractivity (Wildman–Crippen MR) is 72.4 cm³/mol. The van der Waals surface area contributed by atoms with Crippen LogP contribution >= 0.6 is 15.9 Å². The highest BCUT2D eigenvalue weighted by Gasteiger charge is 2.29. The van der Waals surface area contributed by atoms with Crippen LogP contribution in [0.15, 0.2) is 29.0 Å². The van der Waals surface area contributed by atoms with Crippen LogP contribution in [0.4, 0.5) is 19.1 Å². The van der Waals surface area contributed by atoms with Gasteiger partial charge < -0.3 is 10.8 Å². The van der Waals surface area contributed by atoms with Crippen LogP contribution in [-0.4, -0.2) is 26.8 Å². The number of nitrogen functional groups attached to an aromatic ring is 1. The zero-order valence-electron chi connectivity index (χ0n) is 10.4. The van der Waals surface area contributed by atoms with Gasteiger partial charge >= 0.3 is 12.1 Å². The lowest BCUT2D eigenvalue weighted by Crippen LogP contribution is -2.15. The number of carboxylic acid groups (broad SMARTS) is 1. The number of aromatic carboxylic acids is 1. The number of nitrogens with zero attached hydrogens (tertiary/aromatic N) is 2. The Kier molecular flexibility index (Phi) is 3.95. The summed E-state index contributed by atoms with van der Waals surface area (Å²) in [6, 6.07) is 3.38. The molecule has 0 aliphatic rings. The molecule has 9 heteroatoms. The van der Waals surface area contributed by atoms with Gasteiger partial charge in [0.1, 0.15) is 4.60 Å². The van der Waals surface area contributed by atoms with Crippen molar-refractivity contribution in [2.75, 3.05) is 5.73 Å². The molecule has 1 aromatic carbocycles. The lowest BCUT2D eigenvalue weighted by atomic mass is 10.1. The summed E-state index contributed by atoms with van der Waals surface area (Å²) in [7, 11) is 0. The van der Waals surface area contributed by atoms with E-state index in [9.17, 15) is 18.0 Å². The number of anilines is 1. The Morgan fingerprint density at radius 3 is 2.57 bits per heavy atom. The molecular weight excluding hydrogens is 355 g/mol. The van der Waals surface area contributed by atoms with Crippen molar-refractivity contribution in [1.82, 2.24) is 9.55 Å². The molecule has 0 aliphatic heterocycles. The molecule has 0 fully saturated rings. The third-order valence-electron chi connectivity index (χ3n) is 2.69. The number of hydrogen-bond acceptors (Lipinski definition) is 3. The number of rotatable bonds is 3. The monoisotopic (exact) mass is 363 g/mol. The minimum Gasteiger partial charge on any atom is -0.478 e. The van der Waals surface area contributed by atoms with E-state index in [-0.39, 0.29) is 22.8 Å². The van der Waals surface area contributed by atoms with Gasteiger partial charge in [-0.15, -0.1) is 0 Å². The fourth-order valence-corrected chi connectivity index (χ4v) is 2.23. The van der Waals surface area contributed by atoms with E-state index in [0.717, 1.165) is 18.2 Å². The maximum Gasteiger partial charge on any atom is 0.393 e. The molecule has 0 atom stereocenters. The van der Waals surface area contributed by atoms with Gasteiger partial charge in [-0.1, -0.05) is 6.07 Å². The molecule has 0 spiro atoms. The number of alkyl halides is 3. The van der Waals surface area contributed by atoms with Crippen molar-refractivity contribution >= 4 is 27.8 Å². The van der Waals surface area contributed by atoms with Gasteiger partial charge in [0.2, 0.25) is 5.95 Å². The minimum atomic E-state index is -4.42. The molecule has 0 bridgehead atoms. The second-order valence-corrected chi connectivity index (χ2v) is 5.04. The molecular formula is C12H9BrF3N3O2. The summed E-state index contributed by atoms with van der Waals surface area (Å²) in [4.78, 5) is 14.8. The molecule has 0 aliphatic carbocycles. The number of aromatic nitrogens is 2. The quantitative estimate of drug-likeness (QED) is 0.878. The standard InChI is InChI=1S/C12H9BrF3N3O2/c13-9-5-19(11(17)18-9)8-3-6(10(20)21)1-2-7(8)4-12(14,15)16/h1-3,5H,4H2,(H2,17,18)(H,20,21). The topological polar surface area (TPSA) is 81.1 Å². The van der Waals surface area contributed by atoms with Crippen molar-refractivity contribution in [2.24, 2.45) is 0 Å². The van der Waals surface area contributed by atoms with Gasteiger partial charge in [-0.25, -0.2) is 9.78 Å². The Labute approximate surface area is 125 Å². The van der Waals surface area contributed by atoms with Crippen molar-refractivity contribution in [3.63, 3.8) is 0 Å². The molecule has 1 heterocycles. The second kappa shape index (κ2) is 5.40. The average molecular weight is 364 g/mol. The van der Waals surface area contributed by atoms with Crippen molar-refractivity contribution in [2.45, 2.75) is 12.6 Å². The number of carbonyl (C=O) groups is 1. The van der Waals surface area contributed by atoms with Gasteiger partial charge in [0.25, 0.3) is 0 Å². The molecule has 3 N–H and O–H groups in total. The Bertz CT molecular complexity index is 698. The van der Waals surface area contributed by atoms with Crippen LogP contribution in [0.1, 0.15) is 15.9 Å². The molecule has 2 aromatic rings. The van der Waals surface area contributed by atoms with Gasteiger partial charge in [0.15, 0.2) is 0 Å². The van der Waals surface area contributed by atoms with Gasteiger partial charge in [-0.3, -0.25) is 4.57 Å². The third kappa shape index (κ3) is 3.54. The van der Waals surface area contributed by atoms with E-state index in [0.29, 0.717) is 4.60 Å². The summed E-state index contributed by atoms with van der Waals surface area (Å²) in [5.74, 6) is -1.29. The number of hydrogen-bond donors (Lipinski definition) is 2. The largest absolute Gasteiger partial charge is 0.478 e. The first-order chi connectivity index (χ1) is 9.67. The summed E-state index contributed by atoms with van der Waals surface area (Å²) in [5, 5.41) is 8.97. The summed E-state index contributed by atoms with van der Waals surface area (Å²) in [6.07, 6.45) is -4.25. The Morgan fingerprint density at radius 1 is 1.43 bits per heavy atom. The number of carboxylic acids is 1. The Balaban J connectivity index is 2.61. The van der Waals surface area contributed by atoms with Gasteiger partial charge in [-0.2, -0.15) is 13.2 Å². The van der Waals surface area contributed by atoms with E-state index < -0.39 is 18.6 Å². The van der Waals surface area contributed by atoms with Crippen LogP contribution in [0, 0.1) is 0 Å². The summed E-state index contributed by atoms with van der Waals surface area (Å²) in [5.41, 5.74) is 5.42. The average Bonchev–Trinajstić information content (AvgIpc) is 2.66. The number of benzene rings is 1. The SMILES string of the molecule is Nc1nc(Br)cn1-c1cc(C(=O)O)ccc1CC(F)(F)F. The molecule has 2 rings (SSSR count). The number of halogens is 4. The third-order valence-corrected chi connectivity index (χ3v) is 3.07. The molecule has 1 aromatic heterocycles. The highest BCUT2D eigenvalue weighted by atomic mass is 79.9. The van der Waals surface area contributed by atoms with Crippen molar-refractivity contribution in [3.8, 4) is 5.69 Å². The molecule has 5 nitrogen and oxygen atoms in total. The van der Waals surface area contributed by atoms with E-state index in [2.05, 4.69) is 20.9 Å². The molecule has 0 saturated carbocycles. The molecule has 0 radical (unpaired) electrons. The van der Waals surface area contributed by atoms with Crippen molar-refractivity contribution in [1.29, 1.82) is 0 Å². The van der Waals surface area contributed by atoms with Gasteiger partial charge in [0, 0.05) is 6.20 Å². The van der Waals surface area contributed by atoms with Gasteiger partial charge in [0.05, 0.1) is 17.7 Å². The smallest absolute Gasteiger partial charge is 0.393 e. The minimum absolute atomic E-state index is 0.0305. The Morgan fingerprint density at radius 2 is 2.10 bits per heavy atom. The molecule has 0 saturated heterocycles. The number of nitrogens with two attached hydrogens (primary N) is 1. The van der Waals surface area contributed by atoms with Crippen molar-refractivity contribution < 1.29 is 23.1 Å². The van der Waals surface area contributed by atoms with E-state index >= 15 is 0 Å². The lowest BCUT2D eigenvalue weighted by Gasteiger charge is -2.14. The fourth-order valence-electron chi connectivity index (χ4n) is 1.84. The normalized spacial score (nSPS) is 11.6. The number of imidazole rings is 1. The van der Waals surface area contributed by atoms with Crippen LogP contribution in [0.2, 0.25) is 0 Å². The maximum atomic E-state index is 12.6. The van der Waals surface area contributed by atoms with Crippen LogP contribution in [0.5, 0.6) is 0 Å². The van der Waals surface area contributed by atoms with E-state index in [4.69, 9.17) is 10.8 Å². The first-order valence-corrected chi connectivity index (χ1v) is 6.40. The maximum absolute atomic E-state index is 12.6. The zero-order chi connectivity index (χ0) is 15.8. The highest BCUT2D eigenvalue weighted by molar-refractivity contribution is 9.10. The first kappa shape index (κ1) is 15.4.